The van der Waals surface area contributed by atoms with Crippen LogP contribution in [0.1, 0.15) is 30.9 Å². The molecule has 1 rings (SSSR count). The summed E-state index contributed by atoms with van der Waals surface area (Å²) in [5.74, 6) is 0. The highest BCUT2D eigenvalue weighted by Gasteiger charge is 2.33. The summed E-state index contributed by atoms with van der Waals surface area (Å²) in [6, 6.07) is 1.28. The zero-order valence-electron chi connectivity index (χ0n) is 10.0. The smallest absolute Gasteiger partial charge is 0.317 e. The lowest BCUT2D eigenvalue weighted by molar-refractivity contribution is -0.138. The lowest BCUT2D eigenvalue weighted by atomic mass is 10.0. The minimum atomic E-state index is -4.29. The summed E-state index contributed by atoms with van der Waals surface area (Å²) in [5.41, 5.74) is -0.299. The van der Waals surface area contributed by atoms with E-state index >= 15 is 0 Å². The van der Waals surface area contributed by atoms with Crippen LogP contribution in [0.15, 0.2) is 18.5 Å². The molecule has 96 valence electrons. The van der Waals surface area contributed by atoms with Crippen molar-refractivity contribution in [3.05, 3.63) is 29.6 Å². The third-order valence-corrected chi connectivity index (χ3v) is 2.87. The number of aromatic nitrogens is 1. The average molecular weight is 246 g/mol. The van der Waals surface area contributed by atoms with E-state index in [2.05, 4.69) is 10.3 Å². The first-order valence-corrected chi connectivity index (χ1v) is 5.66. The monoisotopic (exact) mass is 246 g/mol. The molecule has 1 atom stereocenters. The topological polar surface area (TPSA) is 24.9 Å². The van der Waals surface area contributed by atoms with Gasteiger partial charge in [-0.25, -0.2) is 0 Å². The van der Waals surface area contributed by atoms with E-state index in [1.54, 1.807) is 0 Å². The fourth-order valence-corrected chi connectivity index (χ4v) is 1.79. The number of hydrogen-bond donors (Lipinski definition) is 1. The first kappa shape index (κ1) is 14.0. The predicted octanol–water partition coefficient (Wildman–Crippen LogP) is 3.03. The van der Waals surface area contributed by atoms with E-state index in [1.165, 1.54) is 12.4 Å². The van der Waals surface area contributed by atoms with E-state index in [0.29, 0.717) is 12.8 Å². The SMILES string of the molecule is CCC(CCc1cnccc1C(F)(F)F)NC. The molecule has 0 aromatic carbocycles. The van der Waals surface area contributed by atoms with E-state index in [-0.39, 0.29) is 11.6 Å². The van der Waals surface area contributed by atoms with Crippen molar-refractivity contribution in [1.82, 2.24) is 10.3 Å². The van der Waals surface area contributed by atoms with Crippen LogP contribution in [0, 0.1) is 0 Å². The summed E-state index contributed by atoms with van der Waals surface area (Å²) in [6.07, 6.45) is 0.175. The van der Waals surface area contributed by atoms with Gasteiger partial charge in [0.1, 0.15) is 0 Å². The Kier molecular flexibility index (Phi) is 4.93. The molecule has 1 aromatic rings. The van der Waals surface area contributed by atoms with Gasteiger partial charge in [-0.05, 0) is 37.9 Å². The lowest BCUT2D eigenvalue weighted by Crippen LogP contribution is -2.25. The number of halogens is 3. The molecule has 0 radical (unpaired) electrons. The molecular formula is C12H17F3N2. The summed E-state index contributed by atoms with van der Waals surface area (Å²) in [5, 5.41) is 3.08. The number of rotatable bonds is 5. The number of hydrogen-bond acceptors (Lipinski definition) is 2. The van der Waals surface area contributed by atoms with Gasteiger partial charge >= 0.3 is 6.18 Å². The molecule has 1 heterocycles. The van der Waals surface area contributed by atoms with Crippen LogP contribution < -0.4 is 5.32 Å². The highest BCUT2D eigenvalue weighted by Crippen LogP contribution is 2.32. The van der Waals surface area contributed by atoms with Crippen molar-refractivity contribution in [1.29, 1.82) is 0 Å². The Morgan fingerprint density at radius 3 is 2.65 bits per heavy atom. The van der Waals surface area contributed by atoms with Crippen LogP contribution in [0.3, 0.4) is 0 Å². The molecule has 1 unspecified atom stereocenters. The standard InChI is InChI=1S/C12H17F3N2/c1-3-10(16-2)5-4-9-8-17-7-6-11(9)12(13,14)15/h6-8,10,16H,3-5H2,1-2H3. The molecule has 0 saturated heterocycles. The van der Waals surface area contributed by atoms with Crippen LogP contribution in [0.2, 0.25) is 0 Å². The number of aryl methyl sites for hydroxylation is 1. The van der Waals surface area contributed by atoms with Crippen molar-refractivity contribution in [3.63, 3.8) is 0 Å². The molecule has 0 aliphatic rings. The van der Waals surface area contributed by atoms with Crippen LogP contribution >= 0.6 is 0 Å². The molecule has 0 aliphatic heterocycles. The van der Waals surface area contributed by atoms with E-state index in [1.807, 2.05) is 14.0 Å². The van der Waals surface area contributed by atoms with Gasteiger partial charge in [0, 0.05) is 18.4 Å². The van der Waals surface area contributed by atoms with Gasteiger partial charge in [-0.1, -0.05) is 6.92 Å². The van der Waals surface area contributed by atoms with Gasteiger partial charge in [-0.3, -0.25) is 4.98 Å². The first-order valence-electron chi connectivity index (χ1n) is 5.66. The second-order valence-electron chi connectivity index (χ2n) is 3.96. The maximum absolute atomic E-state index is 12.7. The average Bonchev–Trinajstić information content (AvgIpc) is 2.29. The summed E-state index contributed by atoms with van der Waals surface area (Å²) in [7, 11) is 1.82. The Bertz CT molecular complexity index is 346. The van der Waals surface area contributed by atoms with Gasteiger partial charge in [0.2, 0.25) is 0 Å². The van der Waals surface area contributed by atoms with Gasteiger partial charge in [-0.15, -0.1) is 0 Å². The predicted molar refractivity (Wildman–Crippen MR) is 60.7 cm³/mol. The van der Waals surface area contributed by atoms with E-state index in [0.717, 1.165) is 12.5 Å². The Balaban J connectivity index is 2.77. The maximum Gasteiger partial charge on any atom is 0.416 e. The van der Waals surface area contributed by atoms with Crippen LogP contribution in [0.25, 0.3) is 0 Å². The van der Waals surface area contributed by atoms with Crippen molar-refractivity contribution in [2.75, 3.05) is 7.05 Å². The quantitative estimate of drug-likeness (QED) is 0.863. The minimum Gasteiger partial charge on any atom is -0.317 e. The highest BCUT2D eigenvalue weighted by atomic mass is 19.4. The van der Waals surface area contributed by atoms with Crippen molar-refractivity contribution in [2.24, 2.45) is 0 Å². The van der Waals surface area contributed by atoms with Crippen LogP contribution in [-0.2, 0) is 12.6 Å². The number of nitrogens with one attached hydrogen (secondary N) is 1. The molecule has 0 amide bonds. The molecule has 1 N–H and O–H groups in total. The largest absolute Gasteiger partial charge is 0.416 e. The van der Waals surface area contributed by atoms with Crippen molar-refractivity contribution < 1.29 is 13.2 Å². The summed E-state index contributed by atoms with van der Waals surface area (Å²) < 4.78 is 38.1. The summed E-state index contributed by atoms with van der Waals surface area (Å²) in [6.45, 7) is 2.01. The third kappa shape index (κ3) is 4.00. The van der Waals surface area contributed by atoms with Gasteiger partial charge < -0.3 is 5.32 Å². The molecule has 0 fully saturated rings. The van der Waals surface area contributed by atoms with Gasteiger partial charge in [0.15, 0.2) is 0 Å². The Morgan fingerprint density at radius 1 is 1.41 bits per heavy atom. The van der Waals surface area contributed by atoms with Crippen LogP contribution in [0.5, 0.6) is 0 Å². The molecule has 0 aliphatic carbocycles. The van der Waals surface area contributed by atoms with Gasteiger partial charge in [0.25, 0.3) is 0 Å². The molecule has 0 spiro atoms. The fraction of sp³-hybridized carbons (Fsp3) is 0.583. The van der Waals surface area contributed by atoms with E-state index in [9.17, 15) is 13.2 Å². The second kappa shape index (κ2) is 6.00. The first-order chi connectivity index (χ1) is 7.99. The second-order valence-corrected chi connectivity index (χ2v) is 3.96. The number of pyridine rings is 1. The lowest BCUT2D eigenvalue weighted by Gasteiger charge is -2.16. The molecule has 17 heavy (non-hydrogen) atoms. The zero-order chi connectivity index (χ0) is 12.9. The Hall–Kier alpha value is -1.10. The minimum absolute atomic E-state index is 0.247. The Labute approximate surface area is 99.3 Å². The van der Waals surface area contributed by atoms with E-state index < -0.39 is 11.7 Å². The fourth-order valence-electron chi connectivity index (χ4n) is 1.79. The van der Waals surface area contributed by atoms with Crippen molar-refractivity contribution in [3.8, 4) is 0 Å². The van der Waals surface area contributed by atoms with Crippen molar-refractivity contribution >= 4 is 0 Å². The zero-order valence-corrected chi connectivity index (χ0v) is 10.0. The normalized spacial score (nSPS) is 13.7. The molecule has 1 aromatic heterocycles. The molecule has 0 bridgehead atoms. The van der Waals surface area contributed by atoms with Gasteiger partial charge in [0.05, 0.1) is 5.56 Å². The van der Waals surface area contributed by atoms with Gasteiger partial charge in [-0.2, -0.15) is 13.2 Å². The van der Waals surface area contributed by atoms with Crippen molar-refractivity contribution in [2.45, 2.75) is 38.4 Å². The van der Waals surface area contributed by atoms with Crippen LogP contribution in [-0.4, -0.2) is 18.1 Å². The van der Waals surface area contributed by atoms with E-state index in [4.69, 9.17) is 0 Å². The molecule has 5 heteroatoms. The maximum atomic E-state index is 12.7. The molecular weight excluding hydrogens is 229 g/mol. The number of nitrogens with zero attached hydrogens (tertiary/aromatic N) is 1. The third-order valence-electron chi connectivity index (χ3n) is 2.87. The summed E-state index contributed by atoms with van der Waals surface area (Å²) >= 11 is 0. The molecule has 0 saturated carbocycles. The summed E-state index contributed by atoms with van der Waals surface area (Å²) in [4.78, 5) is 3.77. The van der Waals surface area contributed by atoms with Crippen LogP contribution in [0.4, 0.5) is 13.2 Å². The Morgan fingerprint density at radius 2 is 2.12 bits per heavy atom. The number of alkyl halides is 3. The highest BCUT2D eigenvalue weighted by molar-refractivity contribution is 5.26. The molecule has 2 nitrogen and oxygen atoms in total.